The maximum Gasteiger partial charge on any atom is 0.251 e. The molecule has 0 aromatic heterocycles. The smallest absolute Gasteiger partial charge is 0.251 e. The third-order valence-corrected chi connectivity index (χ3v) is 5.64. The molecule has 3 rings (SSSR count). The Morgan fingerprint density at radius 3 is 2.43 bits per heavy atom. The van der Waals surface area contributed by atoms with Crippen LogP contribution in [0.2, 0.25) is 5.02 Å². The molecule has 1 saturated heterocycles. The fraction of sp³-hybridized carbons (Fsp3) is 0.391. The Hall–Kier alpha value is -2.60. The van der Waals surface area contributed by atoms with Crippen molar-refractivity contribution in [1.29, 1.82) is 0 Å². The molecule has 0 spiro atoms. The number of nitrogens with zero attached hydrogens (tertiary/aromatic N) is 1. The van der Waals surface area contributed by atoms with Gasteiger partial charge < -0.3 is 15.5 Å². The largest absolute Gasteiger partial charge is 0.371 e. The summed E-state index contributed by atoms with van der Waals surface area (Å²) in [7, 11) is 0. The van der Waals surface area contributed by atoms with Crippen molar-refractivity contribution >= 4 is 29.1 Å². The molecule has 0 aliphatic carbocycles. The van der Waals surface area contributed by atoms with Crippen molar-refractivity contribution in [3.05, 3.63) is 64.9 Å². The Balaban J connectivity index is 1.52. The van der Waals surface area contributed by atoms with E-state index in [9.17, 15) is 14.0 Å². The van der Waals surface area contributed by atoms with Crippen LogP contribution in [0.5, 0.6) is 0 Å². The highest BCUT2D eigenvalue weighted by atomic mass is 35.5. The quantitative estimate of drug-likeness (QED) is 0.699. The van der Waals surface area contributed by atoms with Gasteiger partial charge in [-0.25, -0.2) is 4.39 Å². The summed E-state index contributed by atoms with van der Waals surface area (Å²) >= 11 is 5.87. The van der Waals surface area contributed by atoms with E-state index < -0.39 is 6.04 Å². The monoisotopic (exact) mass is 431 g/mol. The van der Waals surface area contributed by atoms with Gasteiger partial charge in [0.1, 0.15) is 11.9 Å². The zero-order chi connectivity index (χ0) is 21.7. The predicted molar refractivity (Wildman–Crippen MR) is 117 cm³/mol. The Labute approximate surface area is 181 Å². The molecule has 160 valence electrons. The second kappa shape index (κ2) is 9.94. The molecule has 0 saturated carbocycles. The Morgan fingerprint density at radius 1 is 1.13 bits per heavy atom. The van der Waals surface area contributed by atoms with E-state index in [1.165, 1.54) is 12.1 Å². The summed E-state index contributed by atoms with van der Waals surface area (Å²) in [5.74, 6) is -0.488. The summed E-state index contributed by atoms with van der Waals surface area (Å²) in [6.45, 7) is 6.01. The first-order valence-corrected chi connectivity index (χ1v) is 10.6. The first-order valence-electron chi connectivity index (χ1n) is 10.2. The van der Waals surface area contributed by atoms with Crippen LogP contribution in [0.25, 0.3) is 0 Å². The zero-order valence-corrected chi connectivity index (χ0v) is 18.0. The van der Waals surface area contributed by atoms with Crippen LogP contribution >= 0.6 is 11.6 Å². The highest BCUT2D eigenvalue weighted by Crippen LogP contribution is 2.23. The highest BCUT2D eigenvalue weighted by molar-refractivity contribution is 6.30. The van der Waals surface area contributed by atoms with Crippen LogP contribution in [0, 0.1) is 17.7 Å². The van der Waals surface area contributed by atoms with Gasteiger partial charge in [-0.3, -0.25) is 9.59 Å². The van der Waals surface area contributed by atoms with Crippen LogP contribution in [0.15, 0.2) is 48.5 Å². The molecule has 1 aliphatic heterocycles. The van der Waals surface area contributed by atoms with E-state index >= 15 is 0 Å². The summed E-state index contributed by atoms with van der Waals surface area (Å²) in [5.41, 5.74) is 1.45. The molecule has 2 aromatic carbocycles. The molecule has 2 amide bonds. The van der Waals surface area contributed by atoms with Crippen molar-refractivity contribution in [2.75, 3.05) is 24.5 Å². The van der Waals surface area contributed by atoms with Gasteiger partial charge in [0.2, 0.25) is 5.91 Å². The highest BCUT2D eigenvalue weighted by Gasteiger charge is 2.27. The molecule has 1 aliphatic rings. The van der Waals surface area contributed by atoms with Crippen LogP contribution < -0.4 is 15.5 Å². The number of carbonyl (C=O) groups excluding carboxylic acids is 2. The number of hydrogen-bond donors (Lipinski definition) is 2. The Bertz CT molecular complexity index is 871. The van der Waals surface area contributed by atoms with E-state index in [2.05, 4.69) is 15.5 Å². The number of anilines is 1. The summed E-state index contributed by atoms with van der Waals surface area (Å²) in [6, 6.07) is 12.4. The van der Waals surface area contributed by atoms with E-state index in [1.807, 2.05) is 13.8 Å². The molecular weight excluding hydrogens is 405 g/mol. The van der Waals surface area contributed by atoms with Crippen molar-refractivity contribution in [2.45, 2.75) is 26.3 Å². The van der Waals surface area contributed by atoms with E-state index in [-0.39, 0.29) is 23.5 Å². The second-order valence-electron chi connectivity index (χ2n) is 8.02. The van der Waals surface area contributed by atoms with Crippen LogP contribution in [-0.2, 0) is 4.79 Å². The van der Waals surface area contributed by atoms with Crippen molar-refractivity contribution in [1.82, 2.24) is 10.6 Å². The normalized spacial score (nSPS) is 17.1. The third-order valence-electron chi connectivity index (χ3n) is 5.38. The summed E-state index contributed by atoms with van der Waals surface area (Å²) < 4.78 is 13.1. The van der Waals surface area contributed by atoms with Crippen LogP contribution in [0.3, 0.4) is 0 Å². The first-order chi connectivity index (χ1) is 14.3. The van der Waals surface area contributed by atoms with Gasteiger partial charge in [-0.15, -0.1) is 0 Å². The Kier molecular flexibility index (Phi) is 7.32. The Morgan fingerprint density at radius 2 is 1.80 bits per heavy atom. The lowest BCUT2D eigenvalue weighted by molar-refractivity contribution is -0.124. The lowest BCUT2D eigenvalue weighted by atomic mass is 10.0. The fourth-order valence-corrected chi connectivity index (χ4v) is 3.73. The number of rotatable bonds is 7. The average molecular weight is 432 g/mol. The molecule has 7 heteroatoms. The topological polar surface area (TPSA) is 61.4 Å². The molecule has 0 radical (unpaired) electrons. The molecule has 0 bridgehead atoms. The maximum atomic E-state index is 13.1. The van der Waals surface area contributed by atoms with Gasteiger partial charge in [0, 0.05) is 35.9 Å². The van der Waals surface area contributed by atoms with Crippen molar-refractivity contribution in [3.8, 4) is 0 Å². The SMILES string of the molecule is CC(C)C(NC(=O)c1ccc(Cl)cc1)C(=O)NCC1CCN(c2ccc(F)cc2)C1. The van der Waals surface area contributed by atoms with Gasteiger partial charge in [-0.1, -0.05) is 25.4 Å². The lowest BCUT2D eigenvalue weighted by Gasteiger charge is -2.23. The summed E-state index contributed by atoms with van der Waals surface area (Å²) in [5, 5.41) is 6.37. The van der Waals surface area contributed by atoms with Gasteiger partial charge >= 0.3 is 0 Å². The molecule has 2 unspecified atom stereocenters. The number of hydrogen-bond acceptors (Lipinski definition) is 3. The second-order valence-corrected chi connectivity index (χ2v) is 8.46. The van der Waals surface area contributed by atoms with E-state index in [0.29, 0.717) is 23.0 Å². The third kappa shape index (κ3) is 5.72. The van der Waals surface area contributed by atoms with Crippen molar-refractivity contribution < 1.29 is 14.0 Å². The van der Waals surface area contributed by atoms with Gasteiger partial charge in [0.15, 0.2) is 0 Å². The molecule has 30 heavy (non-hydrogen) atoms. The minimum Gasteiger partial charge on any atom is -0.371 e. The summed E-state index contributed by atoms with van der Waals surface area (Å²) in [4.78, 5) is 27.4. The molecule has 2 aromatic rings. The van der Waals surface area contributed by atoms with Gasteiger partial charge in [0.25, 0.3) is 5.91 Å². The maximum absolute atomic E-state index is 13.1. The van der Waals surface area contributed by atoms with Crippen molar-refractivity contribution in [2.24, 2.45) is 11.8 Å². The summed E-state index contributed by atoms with van der Waals surface area (Å²) in [6.07, 6.45) is 0.946. The number of halogens is 2. The van der Waals surface area contributed by atoms with Crippen LogP contribution in [0.4, 0.5) is 10.1 Å². The number of amides is 2. The average Bonchev–Trinajstić information content (AvgIpc) is 3.20. The number of benzene rings is 2. The number of carbonyl (C=O) groups is 2. The molecule has 1 fully saturated rings. The van der Waals surface area contributed by atoms with E-state index in [4.69, 9.17) is 11.6 Å². The predicted octanol–water partition coefficient (Wildman–Crippen LogP) is 3.88. The van der Waals surface area contributed by atoms with E-state index in [0.717, 1.165) is 25.2 Å². The zero-order valence-electron chi connectivity index (χ0n) is 17.2. The number of nitrogens with one attached hydrogen (secondary N) is 2. The minimum atomic E-state index is -0.622. The van der Waals surface area contributed by atoms with Crippen LogP contribution in [-0.4, -0.2) is 37.5 Å². The van der Waals surface area contributed by atoms with Crippen LogP contribution in [0.1, 0.15) is 30.6 Å². The van der Waals surface area contributed by atoms with Gasteiger partial charge in [-0.2, -0.15) is 0 Å². The van der Waals surface area contributed by atoms with E-state index in [1.54, 1.807) is 36.4 Å². The first kappa shape index (κ1) is 22.1. The molecule has 2 N–H and O–H groups in total. The standard InChI is InChI=1S/C23H27ClFN3O2/c1-15(2)21(27-22(29)17-3-5-18(24)6-4-17)23(30)26-13-16-11-12-28(14-16)20-9-7-19(25)8-10-20/h3-10,15-16,21H,11-14H2,1-2H3,(H,26,30)(H,27,29). The molecular formula is C23H27ClFN3O2. The van der Waals surface area contributed by atoms with Crippen molar-refractivity contribution in [3.63, 3.8) is 0 Å². The molecule has 2 atom stereocenters. The minimum absolute atomic E-state index is 0.0551. The lowest BCUT2D eigenvalue weighted by Crippen LogP contribution is -2.50. The van der Waals surface area contributed by atoms with Gasteiger partial charge in [-0.05, 0) is 66.8 Å². The van der Waals surface area contributed by atoms with Gasteiger partial charge in [0.05, 0.1) is 0 Å². The molecule has 5 nitrogen and oxygen atoms in total. The molecule has 1 heterocycles. The fourth-order valence-electron chi connectivity index (χ4n) is 3.60.